The summed E-state index contributed by atoms with van der Waals surface area (Å²) < 4.78 is 0. The maximum absolute atomic E-state index is 12.0. The number of hydrogen-bond donors (Lipinski definition) is 2. The molecule has 2 aliphatic heterocycles. The zero-order valence-electron chi connectivity index (χ0n) is 11.9. The summed E-state index contributed by atoms with van der Waals surface area (Å²) >= 11 is 0. The third-order valence-electron chi connectivity index (χ3n) is 3.74. The summed E-state index contributed by atoms with van der Waals surface area (Å²) in [5.41, 5.74) is -0.190. The van der Waals surface area contributed by atoms with Crippen LogP contribution in [0.15, 0.2) is 0 Å². The second-order valence-corrected chi connectivity index (χ2v) is 6.35. The van der Waals surface area contributed by atoms with Crippen LogP contribution in [0.5, 0.6) is 0 Å². The van der Waals surface area contributed by atoms with E-state index in [1.165, 1.54) is 0 Å². The van der Waals surface area contributed by atoms with Gasteiger partial charge in [0.2, 0.25) is 11.8 Å². The van der Waals surface area contributed by atoms with Crippen molar-refractivity contribution in [1.82, 2.24) is 15.5 Å². The number of nitrogens with zero attached hydrogens (tertiary/aromatic N) is 1. The summed E-state index contributed by atoms with van der Waals surface area (Å²) in [4.78, 5) is 25.7. The first-order valence-corrected chi connectivity index (χ1v) is 6.67. The van der Waals surface area contributed by atoms with Gasteiger partial charge in [-0.15, -0.1) is 12.4 Å². The molecule has 2 amide bonds. The molecule has 2 rings (SSSR count). The van der Waals surface area contributed by atoms with Gasteiger partial charge < -0.3 is 15.5 Å². The van der Waals surface area contributed by atoms with Crippen LogP contribution in [0.2, 0.25) is 0 Å². The molecule has 110 valence electrons. The van der Waals surface area contributed by atoms with Crippen molar-refractivity contribution in [1.29, 1.82) is 0 Å². The summed E-state index contributed by atoms with van der Waals surface area (Å²) in [5, 5.41) is 6.14. The Morgan fingerprint density at radius 1 is 1.42 bits per heavy atom. The highest BCUT2D eigenvalue weighted by Gasteiger charge is 2.39. The molecule has 2 aliphatic rings. The second-order valence-electron chi connectivity index (χ2n) is 6.35. The zero-order chi connectivity index (χ0) is 13.3. The molecule has 0 aromatic rings. The molecule has 5 nitrogen and oxygen atoms in total. The van der Waals surface area contributed by atoms with Crippen LogP contribution < -0.4 is 10.6 Å². The van der Waals surface area contributed by atoms with E-state index in [1.807, 2.05) is 25.7 Å². The highest BCUT2D eigenvalue weighted by atomic mass is 35.5. The van der Waals surface area contributed by atoms with E-state index in [2.05, 4.69) is 10.6 Å². The summed E-state index contributed by atoms with van der Waals surface area (Å²) in [7, 11) is 0. The number of nitrogens with one attached hydrogen (secondary N) is 2. The summed E-state index contributed by atoms with van der Waals surface area (Å²) in [5.74, 6) is 0.504. The first-order chi connectivity index (χ1) is 8.38. The Morgan fingerprint density at radius 2 is 2.05 bits per heavy atom. The fourth-order valence-electron chi connectivity index (χ4n) is 2.41. The average molecular weight is 290 g/mol. The van der Waals surface area contributed by atoms with Crippen LogP contribution in [0, 0.1) is 11.8 Å². The van der Waals surface area contributed by atoms with Gasteiger partial charge in [0.25, 0.3) is 0 Å². The van der Waals surface area contributed by atoms with Gasteiger partial charge >= 0.3 is 0 Å². The Hall–Kier alpha value is -0.810. The summed E-state index contributed by atoms with van der Waals surface area (Å²) in [6.45, 7) is 9.26. The van der Waals surface area contributed by atoms with Crippen LogP contribution in [0.3, 0.4) is 0 Å². The Kier molecular flexibility index (Phi) is 5.21. The molecule has 6 heteroatoms. The van der Waals surface area contributed by atoms with Gasteiger partial charge in [0.05, 0.1) is 5.92 Å². The molecule has 0 saturated carbocycles. The van der Waals surface area contributed by atoms with Gasteiger partial charge in [-0.1, -0.05) is 0 Å². The summed E-state index contributed by atoms with van der Waals surface area (Å²) in [6, 6.07) is 0. The maximum atomic E-state index is 12.0. The monoisotopic (exact) mass is 289 g/mol. The Morgan fingerprint density at radius 3 is 2.47 bits per heavy atom. The lowest BCUT2D eigenvalue weighted by atomic mass is 10.0. The normalized spacial score (nSPS) is 23.8. The molecule has 2 saturated heterocycles. The zero-order valence-corrected chi connectivity index (χ0v) is 12.7. The van der Waals surface area contributed by atoms with Crippen molar-refractivity contribution in [2.45, 2.75) is 32.7 Å². The van der Waals surface area contributed by atoms with Crippen molar-refractivity contribution in [3.63, 3.8) is 0 Å². The van der Waals surface area contributed by atoms with Gasteiger partial charge in [-0.2, -0.15) is 0 Å². The number of hydrogen-bond acceptors (Lipinski definition) is 3. The van der Waals surface area contributed by atoms with Crippen molar-refractivity contribution >= 4 is 24.2 Å². The van der Waals surface area contributed by atoms with Crippen molar-refractivity contribution in [2.75, 3.05) is 26.2 Å². The number of carbonyl (C=O) groups is 2. The molecule has 0 bridgehead atoms. The lowest BCUT2D eigenvalue weighted by Crippen LogP contribution is -2.49. The molecule has 1 unspecified atom stereocenters. The maximum Gasteiger partial charge on any atom is 0.225 e. The Labute approximate surface area is 120 Å². The fourth-order valence-corrected chi connectivity index (χ4v) is 2.41. The molecular weight excluding hydrogens is 266 g/mol. The highest BCUT2D eigenvalue weighted by molar-refractivity contribution is 5.89. The van der Waals surface area contributed by atoms with E-state index >= 15 is 0 Å². The molecule has 0 aromatic heterocycles. The van der Waals surface area contributed by atoms with Gasteiger partial charge in [-0.05, 0) is 20.8 Å². The lowest BCUT2D eigenvalue weighted by molar-refractivity contribution is -0.132. The number of amides is 2. The third-order valence-corrected chi connectivity index (χ3v) is 3.74. The van der Waals surface area contributed by atoms with Crippen molar-refractivity contribution in [2.24, 2.45) is 11.8 Å². The molecule has 0 aliphatic carbocycles. The van der Waals surface area contributed by atoms with Crippen molar-refractivity contribution in [3.05, 3.63) is 0 Å². The molecule has 1 atom stereocenters. The van der Waals surface area contributed by atoms with Gasteiger partial charge in [0, 0.05) is 44.1 Å². The minimum atomic E-state index is -0.190. The fraction of sp³-hybridized carbons (Fsp3) is 0.846. The molecule has 0 spiro atoms. The number of carbonyl (C=O) groups excluding carboxylic acids is 2. The molecule has 2 fully saturated rings. The second kappa shape index (κ2) is 6.09. The van der Waals surface area contributed by atoms with E-state index in [0.29, 0.717) is 18.9 Å². The van der Waals surface area contributed by atoms with Crippen LogP contribution in [-0.2, 0) is 9.59 Å². The predicted octanol–water partition coefficient (Wildman–Crippen LogP) is 0.391. The SMILES string of the molecule is CC(C)(C)N1CC(C(=O)NCC2CNC2)CC1=O.Cl. The highest BCUT2D eigenvalue weighted by Crippen LogP contribution is 2.25. The van der Waals surface area contributed by atoms with Gasteiger partial charge in [-0.3, -0.25) is 9.59 Å². The summed E-state index contributed by atoms with van der Waals surface area (Å²) in [6.07, 6.45) is 0.353. The van der Waals surface area contributed by atoms with Crippen LogP contribution in [0.4, 0.5) is 0 Å². The molecular formula is C13H24ClN3O2. The average Bonchev–Trinajstić information content (AvgIpc) is 2.57. The first-order valence-electron chi connectivity index (χ1n) is 6.67. The van der Waals surface area contributed by atoms with Gasteiger partial charge in [-0.25, -0.2) is 0 Å². The van der Waals surface area contributed by atoms with E-state index in [9.17, 15) is 9.59 Å². The van der Waals surface area contributed by atoms with Crippen LogP contribution in [0.1, 0.15) is 27.2 Å². The van der Waals surface area contributed by atoms with E-state index in [0.717, 1.165) is 19.6 Å². The predicted molar refractivity (Wildman–Crippen MR) is 76.2 cm³/mol. The molecule has 2 heterocycles. The third kappa shape index (κ3) is 3.83. The molecule has 2 N–H and O–H groups in total. The Bertz CT molecular complexity index is 350. The lowest BCUT2D eigenvalue weighted by Gasteiger charge is -2.32. The van der Waals surface area contributed by atoms with Crippen molar-refractivity contribution in [3.8, 4) is 0 Å². The molecule has 0 radical (unpaired) electrons. The number of rotatable bonds is 3. The quantitative estimate of drug-likeness (QED) is 0.790. The van der Waals surface area contributed by atoms with Gasteiger partial charge in [0.15, 0.2) is 0 Å². The van der Waals surface area contributed by atoms with E-state index in [-0.39, 0.29) is 35.7 Å². The smallest absolute Gasteiger partial charge is 0.225 e. The number of halogens is 1. The van der Waals surface area contributed by atoms with Gasteiger partial charge in [0.1, 0.15) is 0 Å². The van der Waals surface area contributed by atoms with Crippen LogP contribution in [0.25, 0.3) is 0 Å². The minimum absolute atomic E-state index is 0. The Balaban J connectivity index is 0.00000180. The van der Waals surface area contributed by atoms with E-state index in [4.69, 9.17) is 0 Å². The first kappa shape index (κ1) is 16.2. The largest absolute Gasteiger partial charge is 0.355 e. The molecule has 19 heavy (non-hydrogen) atoms. The van der Waals surface area contributed by atoms with E-state index < -0.39 is 0 Å². The minimum Gasteiger partial charge on any atom is -0.355 e. The van der Waals surface area contributed by atoms with Crippen molar-refractivity contribution < 1.29 is 9.59 Å². The van der Waals surface area contributed by atoms with Crippen LogP contribution in [-0.4, -0.2) is 48.4 Å². The van der Waals surface area contributed by atoms with E-state index in [1.54, 1.807) is 0 Å². The topological polar surface area (TPSA) is 61.4 Å². The number of likely N-dealkylation sites (tertiary alicyclic amines) is 1. The van der Waals surface area contributed by atoms with Crippen LogP contribution >= 0.6 is 12.4 Å². The molecule has 0 aromatic carbocycles. The standard InChI is InChI=1S/C13H23N3O2.ClH/c1-13(2,3)16-8-10(4-11(16)17)12(18)15-7-9-5-14-6-9;/h9-10,14H,4-8H2,1-3H3,(H,15,18);1H.